The average molecular weight is 461 g/mol. The maximum absolute atomic E-state index is 14.3. The molecule has 0 saturated carbocycles. The van der Waals surface area contributed by atoms with Crippen LogP contribution in [0.15, 0.2) is 48.7 Å². The Labute approximate surface area is 195 Å². The van der Waals surface area contributed by atoms with Gasteiger partial charge in [0.1, 0.15) is 11.4 Å². The Morgan fingerprint density at radius 1 is 1.12 bits per heavy atom. The lowest BCUT2D eigenvalue weighted by Gasteiger charge is -2.31. The van der Waals surface area contributed by atoms with Gasteiger partial charge in [0, 0.05) is 40.4 Å². The first kappa shape index (κ1) is 21.0. The van der Waals surface area contributed by atoms with Crippen molar-refractivity contribution in [3.05, 3.63) is 65.6 Å². The van der Waals surface area contributed by atoms with Crippen LogP contribution in [0.25, 0.3) is 10.9 Å². The van der Waals surface area contributed by atoms with Crippen molar-refractivity contribution >= 4 is 34.3 Å². The molecule has 0 aliphatic carbocycles. The van der Waals surface area contributed by atoms with Crippen LogP contribution in [0.1, 0.15) is 31.4 Å². The Kier molecular flexibility index (Phi) is 4.48. The van der Waals surface area contributed by atoms with E-state index in [1.165, 1.54) is 23.1 Å². The summed E-state index contributed by atoms with van der Waals surface area (Å²) in [4.78, 5) is 45.5. The summed E-state index contributed by atoms with van der Waals surface area (Å²) in [5, 5.41) is 7.23. The summed E-state index contributed by atoms with van der Waals surface area (Å²) in [7, 11) is 0. The number of rotatable bonds is 4. The second-order valence-electron chi connectivity index (χ2n) is 9.57. The van der Waals surface area contributed by atoms with Gasteiger partial charge < -0.3 is 10.3 Å². The van der Waals surface area contributed by atoms with Crippen LogP contribution < -0.4 is 10.6 Å². The van der Waals surface area contributed by atoms with E-state index in [-0.39, 0.29) is 17.9 Å². The van der Waals surface area contributed by atoms with Crippen LogP contribution in [0.4, 0.5) is 10.1 Å². The fourth-order valence-electron chi connectivity index (χ4n) is 6.13. The van der Waals surface area contributed by atoms with E-state index in [9.17, 15) is 18.8 Å². The third-order valence-corrected chi connectivity index (χ3v) is 7.86. The number of likely N-dealkylation sites (tertiary alicyclic amines) is 1. The number of carbonyl (C=O) groups excluding carboxylic acids is 3. The van der Waals surface area contributed by atoms with Crippen molar-refractivity contribution in [3.8, 4) is 0 Å². The molecule has 6 rings (SSSR count). The molecule has 34 heavy (non-hydrogen) atoms. The lowest BCUT2D eigenvalue weighted by Crippen LogP contribution is -2.54. The van der Waals surface area contributed by atoms with Gasteiger partial charge in [-0.25, -0.2) is 4.39 Å². The number of hydrogen-bond acceptors (Lipinski definition) is 4. The van der Waals surface area contributed by atoms with Crippen molar-refractivity contribution in [3.63, 3.8) is 0 Å². The molecule has 2 aromatic carbocycles. The van der Waals surface area contributed by atoms with Crippen LogP contribution in [0.5, 0.6) is 0 Å². The Bertz CT molecular complexity index is 1370. The minimum atomic E-state index is -1.49. The number of H-pyrrole nitrogens is 1. The summed E-state index contributed by atoms with van der Waals surface area (Å²) in [6.45, 7) is 3.76. The van der Waals surface area contributed by atoms with Gasteiger partial charge in [0.2, 0.25) is 17.7 Å². The molecule has 3 aliphatic heterocycles. The molecule has 174 valence electrons. The molecule has 4 heterocycles. The van der Waals surface area contributed by atoms with Gasteiger partial charge in [0.15, 0.2) is 0 Å². The zero-order valence-electron chi connectivity index (χ0n) is 18.9. The highest BCUT2D eigenvalue weighted by Crippen LogP contribution is 2.53. The summed E-state index contributed by atoms with van der Waals surface area (Å²) in [6, 6.07) is 11.2. The van der Waals surface area contributed by atoms with Gasteiger partial charge in [-0.05, 0) is 49.6 Å². The summed E-state index contributed by atoms with van der Waals surface area (Å²) in [6.07, 6.45) is 2.96. The maximum Gasteiger partial charge on any atom is 0.250 e. The van der Waals surface area contributed by atoms with E-state index >= 15 is 0 Å². The van der Waals surface area contributed by atoms with Gasteiger partial charge in [-0.2, -0.15) is 0 Å². The molecule has 0 radical (unpaired) electrons. The van der Waals surface area contributed by atoms with E-state index in [0.717, 1.165) is 16.5 Å². The van der Waals surface area contributed by atoms with Gasteiger partial charge in [0.25, 0.3) is 0 Å². The molecule has 1 aromatic heterocycles. The van der Waals surface area contributed by atoms with Crippen molar-refractivity contribution in [1.82, 2.24) is 15.2 Å². The Morgan fingerprint density at radius 3 is 2.71 bits per heavy atom. The number of imide groups is 1. The topological polar surface area (TPSA) is 94.3 Å². The highest BCUT2D eigenvalue weighted by atomic mass is 19.1. The summed E-state index contributed by atoms with van der Waals surface area (Å²) >= 11 is 0. The number of amides is 3. The standard InChI is InChI=1S/C26H25FN4O3/c1-3-13(2)31-23(32)21-20(10-14-12-28-18-7-5-4-6-16(14)18)30-26(22(21)24(31)33)17-11-15(27)8-9-19(17)29-25(26)34/h4-9,11-13,20-22,28,30H,3,10H2,1-2H3,(H,29,34)/t13-,20+,21+,22-,26+/m0/s1. The molecule has 0 unspecified atom stereocenters. The SMILES string of the molecule is CC[C@H](C)N1C(=O)[C@H]2[C@@H](C1=O)[C@@]1(N[C@@H]2Cc2c[nH]c3ccccc23)C(=O)Nc2ccc(F)cc21. The third-order valence-electron chi connectivity index (χ3n) is 7.86. The number of aromatic amines is 1. The maximum atomic E-state index is 14.3. The second kappa shape index (κ2) is 7.24. The molecule has 2 saturated heterocycles. The predicted octanol–water partition coefficient (Wildman–Crippen LogP) is 3.07. The van der Waals surface area contributed by atoms with Crippen molar-refractivity contribution in [2.45, 2.75) is 44.3 Å². The van der Waals surface area contributed by atoms with Gasteiger partial charge >= 0.3 is 0 Å². The zero-order valence-corrected chi connectivity index (χ0v) is 18.9. The average Bonchev–Trinajstić information content (AvgIpc) is 3.53. The Morgan fingerprint density at radius 2 is 1.91 bits per heavy atom. The molecule has 2 fully saturated rings. The lowest BCUT2D eigenvalue weighted by atomic mass is 9.76. The molecular weight excluding hydrogens is 435 g/mol. The van der Waals surface area contributed by atoms with Crippen LogP contribution in [-0.2, 0) is 26.3 Å². The number of aromatic nitrogens is 1. The predicted molar refractivity (Wildman–Crippen MR) is 124 cm³/mol. The number of hydrogen-bond donors (Lipinski definition) is 3. The number of anilines is 1. The highest BCUT2D eigenvalue weighted by molar-refractivity contribution is 6.15. The fourth-order valence-corrected chi connectivity index (χ4v) is 6.13. The van der Waals surface area contributed by atoms with Gasteiger partial charge in [-0.3, -0.25) is 24.6 Å². The summed E-state index contributed by atoms with van der Waals surface area (Å²) in [5.41, 5.74) is 1.33. The molecule has 1 spiro atoms. The number of nitrogens with zero attached hydrogens (tertiary/aromatic N) is 1. The Hall–Kier alpha value is -3.52. The van der Waals surface area contributed by atoms with Crippen molar-refractivity contribution in [1.29, 1.82) is 0 Å². The van der Waals surface area contributed by atoms with Crippen LogP contribution >= 0.6 is 0 Å². The largest absolute Gasteiger partial charge is 0.361 e. The first-order valence-corrected chi connectivity index (χ1v) is 11.7. The first-order valence-electron chi connectivity index (χ1n) is 11.7. The third kappa shape index (κ3) is 2.63. The van der Waals surface area contributed by atoms with Crippen molar-refractivity contribution in [2.24, 2.45) is 11.8 Å². The highest BCUT2D eigenvalue weighted by Gasteiger charge is 2.70. The van der Waals surface area contributed by atoms with Crippen LogP contribution in [0.2, 0.25) is 0 Å². The second-order valence-corrected chi connectivity index (χ2v) is 9.57. The molecule has 0 bridgehead atoms. The molecule has 7 nitrogen and oxygen atoms in total. The normalized spacial score (nSPS) is 28.6. The van der Waals surface area contributed by atoms with Gasteiger partial charge in [-0.1, -0.05) is 25.1 Å². The molecule has 8 heteroatoms. The van der Waals surface area contributed by atoms with Gasteiger partial charge in [-0.15, -0.1) is 0 Å². The monoisotopic (exact) mass is 460 g/mol. The van der Waals surface area contributed by atoms with E-state index in [1.54, 1.807) is 0 Å². The van der Waals surface area contributed by atoms with E-state index in [1.807, 2.05) is 44.3 Å². The van der Waals surface area contributed by atoms with Gasteiger partial charge in [0.05, 0.1) is 11.8 Å². The number of fused-ring (bicyclic) bond motifs is 5. The minimum Gasteiger partial charge on any atom is -0.361 e. The minimum absolute atomic E-state index is 0.267. The molecular formula is C26H25FN4O3. The zero-order chi connectivity index (χ0) is 23.8. The number of halogens is 1. The molecule has 3 aromatic rings. The van der Waals surface area contributed by atoms with E-state index in [0.29, 0.717) is 24.1 Å². The quantitative estimate of drug-likeness (QED) is 0.522. The van der Waals surface area contributed by atoms with Crippen LogP contribution in [0, 0.1) is 17.7 Å². The molecule has 3 aliphatic rings. The molecule has 3 amide bonds. The number of benzene rings is 2. The first-order chi connectivity index (χ1) is 16.4. The molecule has 3 N–H and O–H groups in total. The van der Waals surface area contributed by atoms with E-state index in [2.05, 4.69) is 15.6 Å². The van der Waals surface area contributed by atoms with Crippen LogP contribution in [0.3, 0.4) is 0 Å². The summed E-state index contributed by atoms with van der Waals surface area (Å²) < 4.78 is 14.3. The summed E-state index contributed by atoms with van der Waals surface area (Å²) in [5.74, 6) is -3.22. The Balaban J connectivity index is 1.50. The number of carbonyl (C=O) groups is 3. The molecule has 5 atom stereocenters. The number of nitrogens with one attached hydrogen (secondary N) is 3. The van der Waals surface area contributed by atoms with Crippen molar-refractivity contribution < 1.29 is 18.8 Å². The smallest absolute Gasteiger partial charge is 0.250 e. The number of para-hydroxylation sites is 1. The lowest BCUT2D eigenvalue weighted by molar-refractivity contribution is -0.145. The fraction of sp³-hybridized carbons (Fsp3) is 0.346. The van der Waals surface area contributed by atoms with Crippen molar-refractivity contribution in [2.75, 3.05) is 5.32 Å². The van der Waals surface area contributed by atoms with E-state index < -0.39 is 35.1 Å². The van der Waals surface area contributed by atoms with Crippen LogP contribution in [-0.4, -0.2) is 39.7 Å². The van der Waals surface area contributed by atoms with E-state index in [4.69, 9.17) is 0 Å².